The highest BCUT2D eigenvalue weighted by Gasteiger charge is 2.25. The molecule has 2 amide bonds. The van der Waals surface area contributed by atoms with Crippen molar-refractivity contribution in [2.24, 2.45) is 0 Å². The smallest absolute Gasteiger partial charge is 0.326 e. The number of pyridine rings is 1. The third kappa shape index (κ3) is 4.23. The highest BCUT2D eigenvalue weighted by atomic mass is 16.5. The van der Waals surface area contributed by atoms with Gasteiger partial charge in [-0.3, -0.25) is 14.7 Å². The minimum Gasteiger partial charge on any atom is -0.480 e. The first-order valence-electron chi connectivity index (χ1n) is 5.69. The van der Waals surface area contributed by atoms with Gasteiger partial charge in [0.15, 0.2) is 0 Å². The van der Waals surface area contributed by atoms with Crippen molar-refractivity contribution in [3.05, 3.63) is 24.5 Å². The number of amides is 2. The lowest BCUT2D eigenvalue weighted by atomic mass is 10.2. The zero-order valence-corrected chi connectivity index (χ0v) is 11.1. The summed E-state index contributed by atoms with van der Waals surface area (Å²) in [7, 11) is 2.61. The summed E-state index contributed by atoms with van der Waals surface area (Å²) >= 11 is 0. The van der Waals surface area contributed by atoms with E-state index in [9.17, 15) is 14.4 Å². The first-order chi connectivity index (χ1) is 9.45. The first kappa shape index (κ1) is 15.4. The van der Waals surface area contributed by atoms with Gasteiger partial charge in [-0.25, -0.2) is 9.59 Å². The molecule has 0 fully saturated rings. The maximum Gasteiger partial charge on any atom is 0.326 e. The number of methoxy groups -OCH3 is 1. The molecule has 0 radical (unpaired) electrons. The van der Waals surface area contributed by atoms with E-state index in [0.717, 1.165) is 7.11 Å². The Morgan fingerprint density at radius 1 is 1.50 bits per heavy atom. The van der Waals surface area contributed by atoms with E-state index < -0.39 is 30.4 Å². The number of hydrogen-bond acceptors (Lipinski definition) is 5. The monoisotopic (exact) mass is 281 g/mol. The second-order valence-electron chi connectivity index (χ2n) is 3.89. The quantitative estimate of drug-likeness (QED) is 0.748. The predicted molar refractivity (Wildman–Crippen MR) is 69.2 cm³/mol. The normalized spacial score (nSPS) is 11.3. The van der Waals surface area contributed by atoms with Gasteiger partial charge in [0.1, 0.15) is 6.04 Å². The van der Waals surface area contributed by atoms with Crippen LogP contribution in [0, 0.1) is 0 Å². The number of aromatic nitrogens is 1. The molecule has 1 atom stereocenters. The van der Waals surface area contributed by atoms with Crippen LogP contribution in [0.2, 0.25) is 0 Å². The number of hydrogen-bond donors (Lipinski definition) is 2. The number of nitrogens with zero attached hydrogens (tertiary/aromatic N) is 2. The Morgan fingerprint density at radius 2 is 2.20 bits per heavy atom. The molecule has 0 saturated carbocycles. The molecule has 8 nitrogen and oxygen atoms in total. The zero-order chi connectivity index (χ0) is 15.1. The number of aliphatic carboxylic acids is 1. The fraction of sp³-hybridized carbons (Fsp3) is 0.333. The molecule has 0 aliphatic heterocycles. The molecule has 0 saturated heterocycles. The third-order valence-corrected chi connectivity index (χ3v) is 2.53. The summed E-state index contributed by atoms with van der Waals surface area (Å²) < 4.78 is 4.38. The molecule has 1 heterocycles. The number of nitrogens with one attached hydrogen (secondary N) is 1. The third-order valence-electron chi connectivity index (χ3n) is 2.53. The molecule has 20 heavy (non-hydrogen) atoms. The molecular formula is C12H15N3O5. The van der Waals surface area contributed by atoms with Crippen molar-refractivity contribution in [1.29, 1.82) is 0 Å². The van der Waals surface area contributed by atoms with Gasteiger partial charge in [0.2, 0.25) is 0 Å². The summed E-state index contributed by atoms with van der Waals surface area (Å²) in [5.41, 5.74) is 0.493. The fourth-order valence-electron chi connectivity index (χ4n) is 1.37. The second-order valence-corrected chi connectivity index (χ2v) is 3.89. The Labute approximate surface area is 115 Å². The maximum atomic E-state index is 11.9. The number of anilines is 1. The molecule has 1 aromatic rings. The van der Waals surface area contributed by atoms with Crippen molar-refractivity contribution in [2.75, 3.05) is 19.1 Å². The minimum absolute atomic E-state index is 0.446. The number of urea groups is 1. The summed E-state index contributed by atoms with van der Waals surface area (Å²) in [5.74, 6) is -2.04. The number of carboxylic acid groups (broad SMARTS) is 1. The van der Waals surface area contributed by atoms with Crippen molar-refractivity contribution in [3.8, 4) is 0 Å². The van der Waals surface area contributed by atoms with Crippen LogP contribution in [-0.2, 0) is 14.3 Å². The number of ether oxygens (including phenoxy) is 1. The Hall–Kier alpha value is -2.64. The molecule has 0 spiro atoms. The summed E-state index contributed by atoms with van der Waals surface area (Å²) in [6.07, 6.45) is 2.56. The van der Waals surface area contributed by atoms with Gasteiger partial charge in [-0.1, -0.05) is 0 Å². The molecule has 1 aromatic heterocycles. The lowest BCUT2D eigenvalue weighted by Gasteiger charge is -2.20. The average Bonchev–Trinajstić information content (AvgIpc) is 2.46. The van der Waals surface area contributed by atoms with Crippen LogP contribution in [0.1, 0.15) is 6.42 Å². The van der Waals surface area contributed by atoms with E-state index in [0.29, 0.717) is 5.69 Å². The minimum atomic E-state index is -1.35. The van der Waals surface area contributed by atoms with Crippen LogP contribution in [-0.4, -0.2) is 48.3 Å². The van der Waals surface area contributed by atoms with Gasteiger partial charge < -0.3 is 15.2 Å². The zero-order valence-electron chi connectivity index (χ0n) is 11.1. The van der Waals surface area contributed by atoms with E-state index in [-0.39, 0.29) is 0 Å². The molecule has 0 aliphatic rings. The summed E-state index contributed by atoms with van der Waals surface area (Å²) in [4.78, 5) is 39.0. The highest BCUT2D eigenvalue weighted by Crippen LogP contribution is 2.09. The lowest BCUT2D eigenvalue weighted by molar-refractivity contribution is -0.147. The fourth-order valence-corrected chi connectivity index (χ4v) is 1.37. The summed E-state index contributed by atoms with van der Waals surface area (Å²) in [5, 5.41) is 11.2. The molecule has 0 aliphatic carbocycles. The van der Waals surface area contributed by atoms with E-state index in [1.54, 1.807) is 18.3 Å². The average molecular weight is 281 g/mol. The van der Waals surface area contributed by atoms with E-state index in [4.69, 9.17) is 5.11 Å². The summed E-state index contributed by atoms with van der Waals surface area (Å²) in [6.45, 7) is 0. The van der Waals surface area contributed by atoms with E-state index in [2.05, 4.69) is 15.0 Å². The molecule has 1 rings (SSSR count). The molecule has 0 aromatic carbocycles. The van der Waals surface area contributed by atoms with Crippen molar-refractivity contribution in [3.63, 3.8) is 0 Å². The largest absolute Gasteiger partial charge is 0.480 e. The summed E-state index contributed by atoms with van der Waals surface area (Å²) in [6, 6.07) is 1.27. The van der Waals surface area contributed by atoms with Crippen LogP contribution in [0.15, 0.2) is 24.5 Å². The first-order valence-corrected chi connectivity index (χ1v) is 5.69. The van der Waals surface area contributed by atoms with Crippen molar-refractivity contribution < 1.29 is 24.2 Å². The van der Waals surface area contributed by atoms with Crippen LogP contribution in [0.4, 0.5) is 10.5 Å². The number of esters is 1. The highest BCUT2D eigenvalue weighted by molar-refractivity contribution is 5.94. The van der Waals surface area contributed by atoms with Crippen molar-refractivity contribution >= 4 is 23.7 Å². The molecule has 8 heteroatoms. The second kappa shape index (κ2) is 7.07. The Balaban J connectivity index is 2.71. The Kier molecular flexibility index (Phi) is 5.45. The van der Waals surface area contributed by atoms with Crippen LogP contribution < -0.4 is 10.2 Å². The molecule has 108 valence electrons. The van der Waals surface area contributed by atoms with Gasteiger partial charge in [0.05, 0.1) is 25.4 Å². The van der Waals surface area contributed by atoms with Gasteiger partial charge >= 0.3 is 18.0 Å². The number of carboxylic acids is 1. The van der Waals surface area contributed by atoms with Crippen LogP contribution in [0.25, 0.3) is 0 Å². The van der Waals surface area contributed by atoms with Crippen molar-refractivity contribution in [1.82, 2.24) is 10.3 Å². The van der Waals surface area contributed by atoms with Gasteiger partial charge in [-0.2, -0.15) is 0 Å². The maximum absolute atomic E-state index is 11.9. The van der Waals surface area contributed by atoms with Crippen molar-refractivity contribution in [2.45, 2.75) is 12.5 Å². The van der Waals surface area contributed by atoms with E-state index in [1.165, 1.54) is 18.1 Å². The standard InChI is InChI=1S/C12H15N3O5/c1-15(8-4-3-5-13-7-8)12(19)14-9(11(17)18)6-10(16)20-2/h3-5,7,9H,6H2,1-2H3,(H,14,19)(H,17,18)/t9-/m0/s1. The molecule has 0 unspecified atom stereocenters. The Morgan fingerprint density at radius 3 is 2.70 bits per heavy atom. The number of rotatable bonds is 5. The molecule has 0 bridgehead atoms. The van der Waals surface area contributed by atoms with E-state index in [1.807, 2.05) is 0 Å². The lowest BCUT2D eigenvalue weighted by Crippen LogP contribution is -2.47. The number of carbonyl (C=O) groups is 3. The van der Waals surface area contributed by atoms with E-state index >= 15 is 0 Å². The van der Waals surface area contributed by atoms with Gasteiger partial charge in [-0.15, -0.1) is 0 Å². The SMILES string of the molecule is COC(=O)C[C@H](NC(=O)N(C)c1cccnc1)C(=O)O. The van der Waals surface area contributed by atoms with Crippen LogP contribution in [0.5, 0.6) is 0 Å². The van der Waals surface area contributed by atoms with Gasteiger partial charge in [0.25, 0.3) is 0 Å². The topological polar surface area (TPSA) is 109 Å². The van der Waals surface area contributed by atoms with Crippen LogP contribution in [0.3, 0.4) is 0 Å². The molecule has 2 N–H and O–H groups in total. The molecular weight excluding hydrogens is 266 g/mol. The number of carbonyl (C=O) groups excluding carboxylic acids is 2. The van der Waals surface area contributed by atoms with Gasteiger partial charge in [0, 0.05) is 13.2 Å². The Bertz CT molecular complexity index is 491. The van der Waals surface area contributed by atoms with Gasteiger partial charge in [-0.05, 0) is 12.1 Å². The van der Waals surface area contributed by atoms with Crippen LogP contribution >= 0.6 is 0 Å². The predicted octanol–water partition coefficient (Wildman–Crippen LogP) is 0.244.